The fraction of sp³-hybridized carbons (Fsp3) is 0.333. The molecular weight excluding hydrogens is 614 g/mol. The Kier molecular flexibility index (Phi) is 10.5. The third-order valence-electron chi connectivity index (χ3n) is 6.09. The molecular formula is C27H23Cl2F5N2O4S. The van der Waals surface area contributed by atoms with Crippen molar-refractivity contribution in [3.63, 3.8) is 0 Å². The maximum atomic E-state index is 13.2. The normalized spacial score (nSPS) is 12.0. The Labute approximate surface area is 245 Å². The van der Waals surface area contributed by atoms with Gasteiger partial charge in [-0.1, -0.05) is 46.7 Å². The lowest BCUT2D eigenvalue weighted by Crippen LogP contribution is -2.39. The Balaban J connectivity index is 1.80. The van der Waals surface area contributed by atoms with Gasteiger partial charge >= 0.3 is 6.18 Å². The zero-order chi connectivity index (χ0) is 30.5. The third-order valence-corrected chi connectivity index (χ3v) is 7.45. The monoisotopic (exact) mass is 636 g/mol. The minimum Gasteiger partial charge on any atom is -0.487 e. The Bertz CT molecular complexity index is 1440. The smallest absolute Gasteiger partial charge is 0.400 e. The van der Waals surface area contributed by atoms with Crippen LogP contribution in [0.3, 0.4) is 0 Å². The van der Waals surface area contributed by atoms with E-state index in [1.54, 1.807) is 0 Å². The molecule has 0 saturated heterocycles. The quantitative estimate of drug-likeness (QED) is 0.162. The highest BCUT2D eigenvalue weighted by Gasteiger charge is 2.51. The summed E-state index contributed by atoms with van der Waals surface area (Å²) in [6.07, 6.45) is -6.89. The van der Waals surface area contributed by atoms with Crippen LogP contribution in [0.2, 0.25) is 9.36 Å². The molecule has 0 aliphatic rings. The largest absolute Gasteiger partial charge is 0.487 e. The molecule has 0 aliphatic carbocycles. The second-order valence-corrected chi connectivity index (χ2v) is 11.5. The molecule has 0 fully saturated rings. The van der Waals surface area contributed by atoms with Crippen molar-refractivity contribution >= 4 is 57.1 Å². The maximum Gasteiger partial charge on any atom is 0.400 e. The fourth-order valence-corrected chi connectivity index (χ4v) is 4.60. The molecule has 0 atom stereocenters. The van der Waals surface area contributed by atoms with Crippen LogP contribution in [0.5, 0.6) is 5.75 Å². The first-order chi connectivity index (χ1) is 19.1. The van der Waals surface area contributed by atoms with Crippen molar-refractivity contribution < 1.29 is 41.1 Å². The van der Waals surface area contributed by atoms with Crippen molar-refractivity contribution in [1.82, 2.24) is 4.98 Å². The number of thiazole rings is 1. The number of hydrogen-bond acceptors (Lipinski definition) is 6. The predicted octanol–water partition coefficient (Wildman–Crippen LogP) is 7.86. The lowest BCUT2D eigenvalue weighted by molar-refractivity contribution is -0.210. The molecule has 0 bridgehead atoms. The zero-order valence-electron chi connectivity index (χ0n) is 21.6. The highest BCUT2D eigenvalue weighted by atomic mass is 35.5. The minimum atomic E-state index is -4.70. The summed E-state index contributed by atoms with van der Waals surface area (Å²) >= 11 is 13.0. The van der Waals surface area contributed by atoms with Gasteiger partial charge in [-0.05, 0) is 55.7 Å². The Hall–Kier alpha value is -3.09. The molecule has 0 radical (unpaired) electrons. The van der Waals surface area contributed by atoms with E-state index >= 15 is 0 Å². The van der Waals surface area contributed by atoms with E-state index in [9.17, 15) is 36.3 Å². The first-order valence-electron chi connectivity index (χ1n) is 12.0. The van der Waals surface area contributed by atoms with Crippen molar-refractivity contribution in [2.24, 2.45) is 5.41 Å². The topological polar surface area (TPSA) is 85.4 Å². The maximum absolute atomic E-state index is 13.2. The standard InChI is InChI=1S/C27H23Cl2F5N2O4S/c1-26(2,27(32,33)34)21(38)8-5-14-3-6-18(28)16(9-14)19(37)11-15-4-7-20(40-13-23(30)31)17(10-15)24(39)36-25-35-12-22(29)41-25/h3-4,6-7,9-10,12,23H,5,8,11,13H2,1-2H3,(H,35,36,39). The fourth-order valence-electron chi connectivity index (χ4n) is 3.57. The van der Waals surface area contributed by atoms with E-state index in [4.69, 9.17) is 27.9 Å². The highest BCUT2D eigenvalue weighted by molar-refractivity contribution is 7.19. The minimum absolute atomic E-state index is 0.0446. The molecule has 0 spiro atoms. The van der Waals surface area contributed by atoms with Gasteiger partial charge in [0.15, 0.2) is 10.9 Å². The summed E-state index contributed by atoms with van der Waals surface area (Å²) in [5, 5.41) is 2.73. The number of ether oxygens (including phenoxy) is 1. The molecule has 14 heteroatoms. The zero-order valence-corrected chi connectivity index (χ0v) is 23.9. The van der Waals surface area contributed by atoms with Crippen LogP contribution in [0.1, 0.15) is 52.1 Å². The number of carbonyl (C=O) groups excluding carboxylic acids is 3. The second kappa shape index (κ2) is 13.3. The summed E-state index contributed by atoms with van der Waals surface area (Å²) in [6.45, 7) is 0.667. The summed E-state index contributed by atoms with van der Waals surface area (Å²) < 4.78 is 70.4. The van der Waals surface area contributed by atoms with Crippen LogP contribution in [-0.4, -0.2) is 41.7 Å². The molecule has 2 aromatic carbocycles. The molecule has 220 valence electrons. The lowest BCUT2D eigenvalue weighted by Gasteiger charge is -2.26. The number of anilines is 1. The van der Waals surface area contributed by atoms with Crippen molar-refractivity contribution in [1.29, 1.82) is 0 Å². The lowest BCUT2D eigenvalue weighted by atomic mass is 9.84. The average Bonchev–Trinajstić information content (AvgIpc) is 3.30. The number of aryl methyl sites for hydroxylation is 1. The number of aromatic nitrogens is 1. The van der Waals surface area contributed by atoms with Gasteiger partial charge in [0.2, 0.25) is 0 Å². The molecule has 1 aromatic heterocycles. The summed E-state index contributed by atoms with van der Waals surface area (Å²) in [6, 6.07) is 8.32. The molecule has 1 N–H and O–H groups in total. The number of Topliss-reactive ketones (excluding diaryl/α,β-unsaturated/α-hetero) is 2. The number of hydrogen-bond donors (Lipinski definition) is 1. The van der Waals surface area contributed by atoms with Gasteiger partial charge in [-0.15, -0.1) is 0 Å². The number of nitrogens with one attached hydrogen (secondary N) is 1. The van der Waals surface area contributed by atoms with Gasteiger partial charge in [0.1, 0.15) is 27.9 Å². The van der Waals surface area contributed by atoms with Crippen LogP contribution in [0, 0.1) is 5.41 Å². The van der Waals surface area contributed by atoms with E-state index in [2.05, 4.69) is 10.3 Å². The van der Waals surface area contributed by atoms with E-state index in [0.29, 0.717) is 15.5 Å². The highest BCUT2D eigenvalue weighted by Crippen LogP contribution is 2.39. The van der Waals surface area contributed by atoms with Crippen LogP contribution >= 0.6 is 34.5 Å². The average molecular weight is 637 g/mol. The number of nitrogens with zero attached hydrogens (tertiary/aromatic N) is 1. The van der Waals surface area contributed by atoms with Crippen LogP contribution < -0.4 is 10.1 Å². The summed E-state index contributed by atoms with van der Waals surface area (Å²) in [5.41, 5.74) is -1.83. The van der Waals surface area contributed by atoms with Gasteiger partial charge in [-0.3, -0.25) is 19.7 Å². The number of amides is 1. The van der Waals surface area contributed by atoms with Crippen molar-refractivity contribution in [2.75, 3.05) is 11.9 Å². The van der Waals surface area contributed by atoms with Crippen molar-refractivity contribution in [3.05, 3.63) is 74.2 Å². The SMILES string of the molecule is CC(C)(C(=O)CCc1ccc(Cl)c(C(=O)Cc2ccc(OCC(F)F)c(C(=O)Nc3ncc(Cl)s3)c2)c1)C(F)(F)F. The molecule has 3 aromatic rings. The Morgan fingerprint density at radius 3 is 2.29 bits per heavy atom. The summed E-state index contributed by atoms with van der Waals surface area (Å²) in [4.78, 5) is 42.2. The molecule has 1 heterocycles. The van der Waals surface area contributed by atoms with Gasteiger partial charge in [0.25, 0.3) is 12.3 Å². The van der Waals surface area contributed by atoms with Crippen LogP contribution in [0.15, 0.2) is 42.6 Å². The van der Waals surface area contributed by atoms with Crippen LogP contribution in [-0.2, 0) is 17.6 Å². The first-order valence-corrected chi connectivity index (χ1v) is 13.5. The molecule has 0 unspecified atom stereocenters. The first kappa shape index (κ1) is 32.4. The van der Waals surface area contributed by atoms with E-state index in [1.165, 1.54) is 42.6 Å². The summed E-state index contributed by atoms with van der Waals surface area (Å²) in [7, 11) is 0. The van der Waals surface area contributed by atoms with Crippen molar-refractivity contribution in [2.45, 2.75) is 45.7 Å². The second-order valence-electron chi connectivity index (χ2n) is 9.42. The van der Waals surface area contributed by atoms with Gasteiger partial charge in [0.05, 0.1) is 16.8 Å². The molecule has 41 heavy (non-hydrogen) atoms. The number of carbonyl (C=O) groups is 3. The Morgan fingerprint density at radius 1 is 1.02 bits per heavy atom. The van der Waals surface area contributed by atoms with Crippen LogP contribution in [0.4, 0.5) is 27.1 Å². The van der Waals surface area contributed by atoms with E-state index in [-0.39, 0.29) is 39.9 Å². The molecule has 0 aliphatic heterocycles. The van der Waals surface area contributed by atoms with Crippen molar-refractivity contribution in [3.8, 4) is 5.75 Å². The number of ketones is 2. The van der Waals surface area contributed by atoms with E-state index in [1.807, 2.05) is 0 Å². The Morgan fingerprint density at radius 2 is 1.68 bits per heavy atom. The van der Waals surface area contributed by atoms with Gasteiger partial charge in [-0.25, -0.2) is 13.8 Å². The van der Waals surface area contributed by atoms with E-state index < -0.39 is 48.5 Å². The number of halogens is 7. The number of alkyl halides is 5. The molecule has 1 amide bonds. The molecule has 3 rings (SSSR count). The van der Waals surface area contributed by atoms with Gasteiger partial charge in [0, 0.05) is 18.4 Å². The summed E-state index contributed by atoms with van der Waals surface area (Å²) in [5.74, 6) is -2.36. The number of rotatable bonds is 12. The molecule has 6 nitrogen and oxygen atoms in total. The third kappa shape index (κ3) is 8.46. The van der Waals surface area contributed by atoms with Crippen LogP contribution in [0.25, 0.3) is 0 Å². The predicted molar refractivity (Wildman–Crippen MR) is 146 cm³/mol. The van der Waals surface area contributed by atoms with E-state index in [0.717, 1.165) is 25.2 Å². The van der Waals surface area contributed by atoms with Gasteiger partial charge < -0.3 is 4.74 Å². The van der Waals surface area contributed by atoms with Gasteiger partial charge in [-0.2, -0.15) is 13.2 Å². The molecule has 0 saturated carbocycles. The number of benzene rings is 2.